The van der Waals surface area contributed by atoms with Crippen LogP contribution in [0, 0.1) is 0 Å². The Hall–Kier alpha value is -4.46. The molecule has 0 radical (unpaired) electrons. The zero-order valence-corrected chi connectivity index (χ0v) is 19.9. The first-order valence-electron chi connectivity index (χ1n) is 11.4. The molecule has 8 heteroatoms. The number of anilines is 2. The number of aromatic nitrogens is 3. The van der Waals surface area contributed by atoms with Gasteiger partial charge in [0.15, 0.2) is 0 Å². The predicted molar refractivity (Wildman–Crippen MR) is 138 cm³/mol. The maximum Gasteiger partial charge on any atom is 0.255 e. The Bertz CT molecular complexity index is 1410. The fraction of sp³-hybridized carbons (Fsp3) is 0.185. The van der Waals surface area contributed by atoms with Crippen molar-refractivity contribution in [2.24, 2.45) is 0 Å². The van der Waals surface area contributed by atoms with Crippen molar-refractivity contribution >= 4 is 28.8 Å². The van der Waals surface area contributed by atoms with Crippen molar-refractivity contribution in [3.05, 3.63) is 90.5 Å². The first kappa shape index (κ1) is 23.7. The summed E-state index contributed by atoms with van der Waals surface area (Å²) in [6.07, 6.45) is 4.53. The van der Waals surface area contributed by atoms with E-state index in [1.54, 1.807) is 35.0 Å². The van der Waals surface area contributed by atoms with Gasteiger partial charge in [0.05, 0.1) is 6.04 Å². The number of nitrogens with one attached hydrogen (secondary N) is 2. The molecule has 2 aromatic carbocycles. The molecule has 8 nitrogen and oxygen atoms in total. The van der Waals surface area contributed by atoms with E-state index in [2.05, 4.69) is 36.0 Å². The Labute approximate surface area is 203 Å². The van der Waals surface area contributed by atoms with E-state index in [1.807, 2.05) is 37.3 Å². The molecule has 0 fully saturated rings. The van der Waals surface area contributed by atoms with Gasteiger partial charge < -0.3 is 16.4 Å². The lowest BCUT2D eigenvalue weighted by molar-refractivity contribution is -0.117. The van der Waals surface area contributed by atoms with Crippen LogP contribution in [0.15, 0.2) is 73.6 Å². The summed E-state index contributed by atoms with van der Waals surface area (Å²) in [6, 6.07) is 14.6. The lowest BCUT2D eigenvalue weighted by Gasteiger charge is -2.11. The highest BCUT2D eigenvalue weighted by atomic mass is 16.2. The minimum atomic E-state index is -0.413. The molecule has 0 spiro atoms. The molecule has 0 aliphatic carbocycles. The molecule has 0 bridgehead atoms. The van der Waals surface area contributed by atoms with Crippen LogP contribution in [0.2, 0.25) is 0 Å². The van der Waals surface area contributed by atoms with Gasteiger partial charge in [-0.2, -0.15) is 0 Å². The molecule has 2 amide bonds. The Morgan fingerprint density at radius 3 is 2.54 bits per heavy atom. The van der Waals surface area contributed by atoms with Gasteiger partial charge in [-0.05, 0) is 48.7 Å². The van der Waals surface area contributed by atoms with E-state index in [4.69, 9.17) is 10.7 Å². The topological polar surface area (TPSA) is 114 Å². The average Bonchev–Trinajstić information content (AvgIpc) is 3.25. The number of imidazole rings is 1. The molecule has 0 aliphatic heterocycles. The van der Waals surface area contributed by atoms with Crippen LogP contribution in [0.5, 0.6) is 0 Å². The molecule has 4 aromatic rings. The summed E-state index contributed by atoms with van der Waals surface area (Å²) in [5.74, 6) is 0.757. The predicted octanol–water partition coefficient (Wildman–Crippen LogP) is 4.72. The summed E-state index contributed by atoms with van der Waals surface area (Å²) < 4.78 is 1.80. The Morgan fingerprint density at radius 2 is 1.86 bits per heavy atom. The summed E-state index contributed by atoms with van der Waals surface area (Å²) in [7, 11) is 0. The highest BCUT2D eigenvalue weighted by Gasteiger charge is 2.21. The van der Waals surface area contributed by atoms with Gasteiger partial charge in [-0.3, -0.25) is 14.0 Å². The van der Waals surface area contributed by atoms with E-state index in [1.165, 1.54) is 11.6 Å². The summed E-state index contributed by atoms with van der Waals surface area (Å²) in [5, 5.41) is 5.77. The quantitative estimate of drug-likeness (QED) is 0.340. The van der Waals surface area contributed by atoms with Crippen molar-refractivity contribution < 1.29 is 9.59 Å². The fourth-order valence-electron chi connectivity index (χ4n) is 3.89. The second-order valence-corrected chi connectivity index (χ2v) is 8.60. The van der Waals surface area contributed by atoms with Crippen LogP contribution in [0.4, 0.5) is 11.5 Å². The normalized spacial score (nSPS) is 11.9. The number of carbonyl (C=O) groups excluding carboxylic acids is 2. The third kappa shape index (κ3) is 4.91. The molecule has 35 heavy (non-hydrogen) atoms. The number of carbonyl (C=O) groups is 2. The van der Waals surface area contributed by atoms with Gasteiger partial charge in [0.25, 0.3) is 5.91 Å². The fourth-order valence-corrected chi connectivity index (χ4v) is 3.89. The number of fused-ring (bicyclic) bond motifs is 1. The number of nitrogen functional groups attached to an aromatic ring is 1. The number of nitrogens with two attached hydrogens (primary N) is 1. The molecule has 2 aromatic heterocycles. The van der Waals surface area contributed by atoms with Crippen molar-refractivity contribution in [3.8, 4) is 11.3 Å². The summed E-state index contributed by atoms with van der Waals surface area (Å²) in [4.78, 5) is 33.8. The van der Waals surface area contributed by atoms with Crippen LogP contribution in [0.25, 0.3) is 16.8 Å². The van der Waals surface area contributed by atoms with Crippen LogP contribution < -0.4 is 16.4 Å². The molecule has 0 unspecified atom stereocenters. The molecule has 2 heterocycles. The first-order valence-corrected chi connectivity index (χ1v) is 11.4. The summed E-state index contributed by atoms with van der Waals surface area (Å²) >= 11 is 0. The molecule has 4 rings (SSSR count). The molecule has 0 saturated heterocycles. The van der Waals surface area contributed by atoms with Gasteiger partial charge >= 0.3 is 0 Å². The van der Waals surface area contributed by atoms with E-state index in [9.17, 15) is 9.59 Å². The molecule has 0 aliphatic rings. The van der Waals surface area contributed by atoms with Gasteiger partial charge in [0.1, 0.15) is 22.9 Å². The maximum absolute atomic E-state index is 13.0. The molecular weight excluding hydrogens is 440 g/mol. The van der Waals surface area contributed by atoms with Crippen molar-refractivity contribution in [3.63, 3.8) is 0 Å². The largest absolute Gasteiger partial charge is 0.382 e. The molecule has 1 atom stereocenters. The van der Waals surface area contributed by atoms with Gasteiger partial charge in [0, 0.05) is 29.2 Å². The zero-order chi connectivity index (χ0) is 25.1. The van der Waals surface area contributed by atoms with Crippen molar-refractivity contribution in [1.82, 2.24) is 19.7 Å². The van der Waals surface area contributed by atoms with Crippen molar-refractivity contribution in [2.75, 3.05) is 11.1 Å². The highest BCUT2D eigenvalue weighted by Crippen LogP contribution is 2.30. The van der Waals surface area contributed by atoms with Crippen LogP contribution >= 0.6 is 0 Å². The van der Waals surface area contributed by atoms with Crippen LogP contribution in [-0.2, 0) is 4.79 Å². The number of hydrogen-bond donors (Lipinski definition) is 3. The van der Waals surface area contributed by atoms with Crippen molar-refractivity contribution in [1.29, 1.82) is 0 Å². The van der Waals surface area contributed by atoms with Crippen LogP contribution in [0.3, 0.4) is 0 Å². The van der Waals surface area contributed by atoms with E-state index >= 15 is 0 Å². The minimum Gasteiger partial charge on any atom is -0.382 e. The standard InChI is InChI=1S/C27H28N6O2/c1-5-22(34)30-17(4)26-32-23(24-25(28)29-13-14-33(24)26)19-7-6-8-20(15-19)27(35)31-21-11-9-18(10-12-21)16(2)3/h5-17H,1H2,2-4H3,(H2,28,29)(H,30,34)(H,31,35)/t17-/m0/s1. The van der Waals surface area contributed by atoms with Gasteiger partial charge in [-0.25, -0.2) is 9.97 Å². The van der Waals surface area contributed by atoms with Crippen LogP contribution in [0.1, 0.15) is 54.5 Å². The Kier molecular flexibility index (Phi) is 6.64. The number of amides is 2. The molecular formula is C27H28N6O2. The van der Waals surface area contributed by atoms with E-state index in [0.717, 1.165) is 5.69 Å². The molecule has 0 saturated carbocycles. The minimum absolute atomic E-state index is 0.231. The Morgan fingerprint density at radius 1 is 1.11 bits per heavy atom. The van der Waals surface area contributed by atoms with Crippen molar-refractivity contribution in [2.45, 2.75) is 32.7 Å². The third-order valence-corrected chi connectivity index (χ3v) is 5.78. The van der Waals surface area contributed by atoms with Crippen LogP contribution in [-0.4, -0.2) is 26.2 Å². The number of hydrogen-bond acceptors (Lipinski definition) is 5. The molecule has 178 valence electrons. The Balaban J connectivity index is 1.68. The van der Waals surface area contributed by atoms with Gasteiger partial charge in [-0.1, -0.05) is 44.7 Å². The van der Waals surface area contributed by atoms with E-state index in [0.29, 0.717) is 39.9 Å². The maximum atomic E-state index is 13.0. The van der Waals surface area contributed by atoms with E-state index < -0.39 is 6.04 Å². The van der Waals surface area contributed by atoms with E-state index in [-0.39, 0.29) is 11.8 Å². The smallest absolute Gasteiger partial charge is 0.255 e. The lowest BCUT2D eigenvalue weighted by Crippen LogP contribution is -2.26. The number of nitrogens with zero attached hydrogens (tertiary/aromatic N) is 3. The number of rotatable bonds is 7. The number of benzene rings is 2. The SMILES string of the molecule is C=CC(=O)N[C@@H](C)c1nc(-c2cccc(C(=O)Nc3ccc(C(C)C)cc3)c2)c2c(N)nccn12. The van der Waals surface area contributed by atoms with Gasteiger partial charge in [-0.15, -0.1) is 0 Å². The summed E-state index contributed by atoms with van der Waals surface area (Å²) in [6.45, 7) is 9.57. The average molecular weight is 469 g/mol. The third-order valence-electron chi connectivity index (χ3n) is 5.78. The monoisotopic (exact) mass is 468 g/mol. The zero-order valence-electron chi connectivity index (χ0n) is 19.9. The van der Waals surface area contributed by atoms with Gasteiger partial charge in [0.2, 0.25) is 5.91 Å². The summed E-state index contributed by atoms with van der Waals surface area (Å²) in [5.41, 5.74) is 10.5. The first-order chi connectivity index (χ1) is 16.8. The second-order valence-electron chi connectivity index (χ2n) is 8.60. The highest BCUT2D eigenvalue weighted by molar-refractivity contribution is 6.05. The lowest BCUT2D eigenvalue weighted by atomic mass is 10.0. The second kappa shape index (κ2) is 9.80. The molecule has 4 N–H and O–H groups in total.